The minimum absolute atomic E-state index is 0.0303. The van der Waals surface area contributed by atoms with Crippen molar-refractivity contribution in [3.63, 3.8) is 0 Å². The highest BCUT2D eigenvalue weighted by atomic mass is 16.5. The molecule has 2 aromatic carbocycles. The van der Waals surface area contributed by atoms with Crippen molar-refractivity contribution in [2.75, 3.05) is 6.54 Å². The summed E-state index contributed by atoms with van der Waals surface area (Å²) in [5.41, 5.74) is 4.19. The number of benzene rings is 2. The SMILES string of the molecule is Cc1ccc(-c2ccc(-c3nn[nH]n3)c(O[C@H]3CC[C@H]4CN[C@H](C(=O)O)C[C@H]4C3)c2)cc1. The van der Waals surface area contributed by atoms with Gasteiger partial charge in [0.05, 0.1) is 11.7 Å². The molecule has 2 aliphatic rings. The minimum atomic E-state index is -0.767. The Hall–Kier alpha value is -3.26. The molecule has 1 saturated carbocycles. The van der Waals surface area contributed by atoms with Gasteiger partial charge in [-0.3, -0.25) is 4.79 Å². The molecule has 1 saturated heterocycles. The third kappa shape index (κ3) is 4.23. The molecule has 2 heterocycles. The number of hydrogen-bond acceptors (Lipinski definition) is 6. The van der Waals surface area contributed by atoms with Gasteiger partial charge in [0, 0.05) is 0 Å². The largest absolute Gasteiger partial charge is 0.490 e. The number of aromatic amines is 1. The number of rotatable bonds is 5. The zero-order valence-corrected chi connectivity index (χ0v) is 18.0. The van der Waals surface area contributed by atoms with E-state index in [1.54, 1.807) is 0 Å². The van der Waals surface area contributed by atoms with E-state index in [9.17, 15) is 9.90 Å². The molecule has 1 aliphatic heterocycles. The molecule has 2 fully saturated rings. The number of nitrogens with one attached hydrogen (secondary N) is 2. The molecule has 166 valence electrons. The number of aryl methyl sites for hydroxylation is 1. The number of piperidine rings is 1. The van der Waals surface area contributed by atoms with Crippen molar-refractivity contribution in [1.29, 1.82) is 0 Å². The van der Waals surface area contributed by atoms with Gasteiger partial charge in [0.25, 0.3) is 0 Å². The number of carboxylic acids is 1. The topological polar surface area (TPSA) is 113 Å². The van der Waals surface area contributed by atoms with Crippen molar-refractivity contribution in [3.8, 4) is 28.3 Å². The zero-order chi connectivity index (χ0) is 22.1. The molecule has 4 atom stereocenters. The fraction of sp³-hybridized carbons (Fsp3) is 0.417. The molecule has 32 heavy (non-hydrogen) atoms. The van der Waals surface area contributed by atoms with Gasteiger partial charge in [0.1, 0.15) is 11.8 Å². The number of aliphatic carboxylic acids is 1. The molecular weight excluding hydrogens is 406 g/mol. The first-order valence-electron chi connectivity index (χ1n) is 11.1. The number of fused-ring (bicyclic) bond motifs is 1. The molecule has 0 radical (unpaired) electrons. The number of hydrogen-bond donors (Lipinski definition) is 3. The van der Waals surface area contributed by atoms with Gasteiger partial charge in [-0.1, -0.05) is 35.9 Å². The van der Waals surface area contributed by atoms with Gasteiger partial charge in [0.2, 0.25) is 5.82 Å². The van der Waals surface area contributed by atoms with Crippen LogP contribution < -0.4 is 10.1 Å². The summed E-state index contributed by atoms with van der Waals surface area (Å²) in [6.45, 7) is 2.84. The van der Waals surface area contributed by atoms with Crippen LogP contribution in [-0.4, -0.2) is 50.4 Å². The molecule has 5 rings (SSSR count). The van der Waals surface area contributed by atoms with Crippen LogP contribution in [0.3, 0.4) is 0 Å². The molecule has 0 amide bonds. The Morgan fingerprint density at radius 3 is 2.62 bits per heavy atom. The maximum atomic E-state index is 11.5. The summed E-state index contributed by atoms with van der Waals surface area (Å²) in [7, 11) is 0. The second kappa shape index (κ2) is 8.70. The number of carboxylic acid groups (broad SMARTS) is 1. The van der Waals surface area contributed by atoms with E-state index in [2.05, 4.69) is 57.1 Å². The van der Waals surface area contributed by atoms with E-state index in [0.717, 1.165) is 48.2 Å². The van der Waals surface area contributed by atoms with Crippen molar-refractivity contribution in [3.05, 3.63) is 48.0 Å². The maximum Gasteiger partial charge on any atom is 0.320 e. The standard InChI is InChI=1S/C24H27N5O3/c1-14-2-4-15(5-3-14)16-7-9-20(23-26-28-29-27-23)22(12-16)32-19-8-6-17-13-25-21(24(30)31)11-18(17)10-19/h2-5,7,9,12,17-19,21,25H,6,8,10-11,13H2,1H3,(H,30,31)(H,26,27,28,29)/t17-,18+,19-,21-/m0/s1. The Kier molecular flexibility index (Phi) is 5.61. The Labute approximate surface area is 186 Å². The van der Waals surface area contributed by atoms with E-state index in [1.807, 2.05) is 18.2 Å². The zero-order valence-electron chi connectivity index (χ0n) is 18.0. The van der Waals surface area contributed by atoms with E-state index < -0.39 is 12.0 Å². The van der Waals surface area contributed by atoms with Crippen LogP contribution in [0.15, 0.2) is 42.5 Å². The molecule has 0 unspecified atom stereocenters. The van der Waals surface area contributed by atoms with Gasteiger partial charge in [0.15, 0.2) is 0 Å². The lowest BCUT2D eigenvalue weighted by atomic mass is 9.72. The van der Waals surface area contributed by atoms with Crippen LogP contribution in [0.1, 0.15) is 31.2 Å². The van der Waals surface area contributed by atoms with Gasteiger partial charge in [-0.15, -0.1) is 10.2 Å². The first-order chi connectivity index (χ1) is 15.6. The molecular formula is C24H27N5O3. The van der Waals surface area contributed by atoms with E-state index in [4.69, 9.17) is 4.74 Å². The van der Waals surface area contributed by atoms with Crippen molar-refractivity contribution < 1.29 is 14.6 Å². The molecule has 8 nitrogen and oxygen atoms in total. The highest BCUT2D eigenvalue weighted by molar-refractivity contribution is 5.74. The second-order valence-corrected chi connectivity index (χ2v) is 8.92. The van der Waals surface area contributed by atoms with Gasteiger partial charge >= 0.3 is 5.97 Å². The normalized spacial score (nSPS) is 25.2. The number of H-pyrrole nitrogens is 1. The lowest BCUT2D eigenvalue weighted by molar-refractivity contribution is -0.141. The van der Waals surface area contributed by atoms with Crippen molar-refractivity contribution >= 4 is 5.97 Å². The Morgan fingerprint density at radius 2 is 1.88 bits per heavy atom. The molecule has 1 aliphatic carbocycles. The summed E-state index contributed by atoms with van der Waals surface area (Å²) in [5, 5.41) is 27.1. The highest BCUT2D eigenvalue weighted by Crippen LogP contribution is 2.39. The highest BCUT2D eigenvalue weighted by Gasteiger charge is 2.38. The summed E-state index contributed by atoms with van der Waals surface area (Å²) in [4.78, 5) is 11.5. The molecule has 3 aromatic rings. The van der Waals surface area contributed by atoms with Gasteiger partial charge in [-0.05, 0) is 79.5 Å². The van der Waals surface area contributed by atoms with Crippen LogP contribution >= 0.6 is 0 Å². The average molecular weight is 434 g/mol. The first kappa shape index (κ1) is 20.6. The van der Waals surface area contributed by atoms with Crippen molar-refractivity contribution in [1.82, 2.24) is 25.9 Å². The van der Waals surface area contributed by atoms with Gasteiger partial charge < -0.3 is 15.2 Å². The van der Waals surface area contributed by atoms with E-state index in [1.165, 1.54) is 5.56 Å². The van der Waals surface area contributed by atoms with E-state index in [-0.39, 0.29) is 6.10 Å². The predicted molar refractivity (Wildman–Crippen MR) is 119 cm³/mol. The quantitative estimate of drug-likeness (QED) is 0.565. The summed E-state index contributed by atoms with van der Waals surface area (Å²) >= 11 is 0. The van der Waals surface area contributed by atoms with Crippen LogP contribution in [0, 0.1) is 18.8 Å². The van der Waals surface area contributed by atoms with Crippen LogP contribution in [0.5, 0.6) is 5.75 Å². The number of aromatic nitrogens is 4. The average Bonchev–Trinajstić information content (AvgIpc) is 3.34. The number of ether oxygens (including phenoxy) is 1. The predicted octanol–water partition coefficient (Wildman–Crippen LogP) is 3.45. The summed E-state index contributed by atoms with van der Waals surface area (Å²) < 4.78 is 6.55. The molecule has 3 N–H and O–H groups in total. The van der Waals surface area contributed by atoms with Crippen molar-refractivity contribution in [2.24, 2.45) is 11.8 Å². The third-order valence-electron chi connectivity index (χ3n) is 6.80. The minimum Gasteiger partial charge on any atom is -0.490 e. The first-order valence-corrected chi connectivity index (χ1v) is 11.1. The fourth-order valence-corrected chi connectivity index (χ4v) is 5.00. The van der Waals surface area contributed by atoms with E-state index in [0.29, 0.717) is 24.1 Å². The Morgan fingerprint density at radius 1 is 1.06 bits per heavy atom. The number of nitrogens with zero attached hydrogens (tertiary/aromatic N) is 3. The van der Waals surface area contributed by atoms with Crippen LogP contribution in [0.2, 0.25) is 0 Å². The van der Waals surface area contributed by atoms with E-state index >= 15 is 0 Å². The Balaban J connectivity index is 1.40. The monoisotopic (exact) mass is 433 g/mol. The summed E-state index contributed by atoms with van der Waals surface area (Å²) in [6.07, 6.45) is 3.52. The molecule has 8 heteroatoms. The smallest absolute Gasteiger partial charge is 0.320 e. The lowest BCUT2D eigenvalue weighted by Crippen LogP contribution is -2.50. The fourth-order valence-electron chi connectivity index (χ4n) is 5.00. The van der Waals surface area contributed by atoms with Crippen LogP contribution in [0.25, 0.3) is 22.5 Å². The van der Waals surface area contributed by atoms with Gasteiger partial charge in [-0.25, -0.2) is 0 Å². The third-order valence-corrected chi connectivity index (χ3v) is 6.80. The Bertz CT molecular complexity index is 1080. The van der Waals surface area contributed by atoms with Crippen LogP contribution in [0.4, 0.5) is 0 Å². The van der Waals surface area contributed by atoms with Crippen molar-refractivity contribution in [2.45, 2.75) is 44.8 Å². The summed E-state index contributed by atoms with van der Waals surface area (Å²) in [5.74, 6) is 1.33. The van der Waals surface area contributed by atoms with Gasteiger partial charge in [-0.2, -0.15) is 5.21 Å². The molecule has 1 aromatic heterocycles. The van der Waals surface area contributed by atoms with Crippen LogP contribution in [-0.2, 0) is 4.79 Å². The number of carbonyl (C=O) groups is 1. The number of tetrazole rings is 1. The maximum absolute atomic E-state index is 11.5. The lowest BCUT2D eigenvalue weighted by Gasteiger charge is -2.41. The molecule has 0 bridgehead atoms. The molecule has 0 spiro atoms. The second-order valence-electron chi connectivity index (χ2n) is 8.92. The summed E-state index contributed by atoms with van der Waals surface area (Å²) in [6, 6.07) is 14.0.